The Hall–Kier alpha value is -0.0335. The number of carbonyl (C=O) groups is 2. The number of nitrogens with one attached hydrogen (secondary N) is 2. The molecule has 35 heteroatoms. The zero-order valence-electron chi connectivity index (χ0n) is 32.7. The molecule has 0 spiro atoms. The van der Waals surface area contributed by atoms with E-state index in [-0.39, 0.29) is 247 Å². The molecular formula is C24H76N8O21V6+6. The number of aromatic nitrogens is 6. The Morgan fingerprint density at radius 3 is 0.898 bits per heavy atom. The first-order chi connectivity index (χ1) is 19.2. The minimum absolute atomic E-state index is 0. The maximum atomic E-state index is 11.9. The molecule has 0 aliphatic carbocycles. The fourth-order valence-corrected chi connectivity index (χ4v) is 3.38. The van der Waals surface area contributed by atoms with Crippen molar-refractivity contribution in [2.75, 3.05) is 39.6 Å². The molecule has 0 aliphatic heterocycles. The van der Waals surface area contributed by atoms with Gasteiger partial charge in [0.2, 0.25) is 22.9 Å². The Morgan fingerprint density at radius 1 is 0.492 bits per heavy atom. The van der Waals surface area contributed by atoms with Crippen molar-refractivity contribution in [3.8, 4) is 0 Å². The van der Waals surface area contributed by atoms with Crippen LogP contribution in [0, 0.1) is 0 Å². The van der Waals surface area contributed by atoms with Crippen molar-refractivity contribution < 1.29 is 223 Å². The molecule has 40 N–H and O–H groups in total. The summed E-state index contributed by atoms with van der Waals surface area (Å²) in [7, 11) is 0. The average Bonchev–Trinajstić information content (AvgIpc) is 3.61. The van der Waals surface area contributed by atoms with Crippen molar-refractivity contribution in [3.05, 3.63) is 23.8 Å². The predicted octanol–water partition coefficient (Wildman–Crippen LogP) is -15.4. The number of rotatable bonds is 18. The van der Waals surface area contributed by atoms with Crippen LogP contribution >= 0.6 is 0 Å². The van der Waals surface area contributed by atoms with E-state index in [1.807, 2.05) is 0 Å². The molecule has 0 atom stereocenters. The normalized spacial score (nSPS) is 7.86. The molecular weight excluding hydrogens is 1040 g/mol. The van der Waals surface area contributed by atoms with Gasteiger partial charge in [-0.3, -0.25) is 9.59 Å². The van der Waals surface area contributed by atoms with Gasteiger partial charge in [-0.2, -0.15) is 0 Å². The van der Waals surface area contributed by atoms with Crippen LogP contribution in [-0.2, 0) is 147 Å². The molecule has 2 rings (SSSR count). The molecule has 2 heterocycles. The third-order valence-electron chi connectivity index (χ3n) is 6.20. The number of nitrogens with zero attached hydrogens (tertiary/aromatic N) is 6. The van der Waals surface area contributed by atoms with Crippen LogP contribution in [0.1, 0.15) is 50.9 Å². The van der Waals surface area contributed by atoms with Gasteiger partial charge in [-0.25, -0.2) is 9.36 Å². The summed E-state index contributed by atoms with van der Waals surface area (Å²) in [5.41, 5.74) is -0.453. The number of unbranched alkanes of at least 4 members (excludes halogenated alkanes) is 2. The summed E-state index contributed by atoms with van der Waals surface area (Å²) in [5.74, 6) is -0.688. The molecule has 0 aliphatic rings. The first-order valence-corrected chi connectivity index (χ1v) is 13.5. The number of carbonyl (C=O) groups excluding carboxylic acids is 2. The molecule has 0 fully saturated rings. The van der Waals surface area contributed by atoms with Gasteiger partial charge in [-0.15, -0.1) is 10.2 Å². The first-order valence-electron chi connectivity index (χ1n) is 13.5. The van der Waals surface area contributed by atoms with Crippen molar-refractivity contribution in [1.82, 2.24) is 40.6 Å². The summed E-state index contributed by atoms with van der Waals surface area (Å²) < 4.78 is 2.89. The van der Waals surface area contributed by atoms with Crippen molar-refractivity contribution in [2.45, 2.75) is 76.5 Å². The molecule has 0 saturated heterocycles. The second-order valence-corrected chi connectivity index (χ2v) is 9.74. The standard InChI is InChI=1S/2C12H22N4O4.13H2O.6V/c2*1-2-3-4-10-5-16(15-14-10)6-11(20)13-12(7-17,8-18)9-19;;;;;;;;;;;;;;;;;;;/h2*5,17-19H,2-4,6-9H2,1H3,(H,13,20);13*1H2;;;;;;/p+6. The molecule has 29 nitrogen and oxygen atoms in total. The predicted molar refractivity (Wildman–Crippen MR) is 197 cm³/mol. The minimum Gasteiger partial charge on any atom is -0.443 e. The van der Waals surface area contributed by atoms with E-state index in [9.17, 15) is 9.59 Å². The van der Waals surface area contributed by atoms with Gasteiger partial charge >= 0.3 is 0 Å². The van der Waals surface area contributed by atoms with Crippen molar-refractivity contribution in [3.63, 3.8) is 0 Å². The van der Waals surface area contributed by atoms with Crippen LogP contribution in [0.25, 0.3) is 0 Å². The van der Waals surface area contributed by atoms with Crippen LogP contribution in [0.5, 0.6) is 0 Å². The van der Waals surface area contributed by atoms with Crippen LogP contribution in [-0.4, -0.2) is 194 Å². The van der Waals surface area contributed by atoms with E-state index in [0.29, 0.717) is 0 Å². The number of hydrogen-bond acceptors (Lipinski definition) is 6. The molecule has 2 aromatic heterocycles. The maximum Gasteiger partial charge on any atom is 0.245 e. The zero-order chi connectivity index (χ0) is 30.0. The molecule has 0 bridgehead atoms. The summed E-state index contributed by atoms with van der Waals surface area (Å²) in [6.07, 6.45) is 9.37. The third kappa shape index (κ3) is 47.3. The summed E-state index contributed by atoms with van der Waals surface area (Å²) in [5, 5.41) is 65.1. The molecule has 0 saturated carbocycles. The SMILES string of the molecule is CCCCc1cn(CC(=O)NC(C[OH2+])(C[OH2+])C[OH2+])nn1.CCCCc1cn(CC(=O)NC(C[OH2+])(C[OH2+])C[OH2+])nn1.O.O.O.O.O.O.O.O.O.O.O.O.O.[V].[V].[V].[V].[V].[V]. The summed E-state index contributed by atoms with van der Waals surface area (Å²) in [6, 6.07) is 0. The molecule has 6 radical (unpaired) electrons. The van der Waals surface area contributed by atoms with Crippen LogP contribution in [0.2, 0.25) is 0 Å². The minimum atomic E-state index is -1.08. The number of amides is 2. The Morgan fingerprint density at radius 2 is 0.712 bits per heavy atom. The first kappa shape index (κ1) is 124. The molecule has 2 aromatic rings. The second kappa shape index (κ2) is 69.7. The fourth-order valence-electron chi connectivity index (χ4n) is 3.38. The zero-order valence-corrected chi connectivity index (χ0v) is 41.1. The van der Waals surface area contributed by atoms with Gasteiger partial charge in [0.1, 0.15) is 13.1 Å². The monoisotopic (exact) mass is 1120 g/mol. The van der Waals surface area contributed by atoms with Gasteiger partial charge in [0.25, 0.3) is 0 Å². The molecule has 362 valence electrons. The molecule has 0 aromatic carbocycles. The average molecular weight is 1120 g/mol. The van der Waals surface area contributed by atoms with Gasteiger partial charge in [0, 0.05) is 124 Å². The maximum absolute atomic E-state index is 11.9. The van der Waals surface area contributed by atoms with Gasteiger partial charge in [0.15, 0.2) is 39.6 Å². The quantitative estimate of drug-likeness (QED) is 0.136. The van der Waals surface area contributed by atoms with Crippen LogP contribution in [0.3, 0.4) is 0 Å². The second-order valence-electron chi connectivity index (χ2n) is 9.74. The Bertz CT molecular complexity index is 947. The summed E-state index contributed by atoms with van der Waals surface area (Å²) in [6.45, 7) is 3.14. The topological polar surface area (TPSA) is 667 Å². The van der Waals surface area contributed by atoms with E-state index < -0.39 is 11.1 Å². The van der Waals surface area contributed by atoms with Crippen molar-refractivity contribution >= 4 is 11.8 Å². The van der Waals surface area contributed by atoms with Gasteiger partial charge in [-0.1, -0.05) is 37.1 Å². The van der Waals surface area contributed by atoms with E-state index in [1.165, 1.54) is 9.36 Å². The van der Waals surface area contributed by atoms with E-state index >= 15 is 0 Å². The summed E-state index contributed by atoms with van der Waals surface area (Å²) >= 11 is 0. The third-order valence-corrected chi connectivity index (χ3v) is 6.20. The Labute approximate surface area is 412 Å². The van der Waals surface area contributed by atoms with E-state index in [2.05, 4.69) is 45.1 Å². The molecule has 2 amide bonds. The fraction of sp³-hybridized carbons (Fsp3) is 0.750. The summed E-state index contributed by atoms with van der Waals surface area (Å²) in [4.78, 5) is 23.8. The van der Waals surface area contributed by atoms with E-state index in [1.54, 1.807) is 12.4 Å². The van der Waals surface area contributed by atoms with Crippen molar-refractivity contribution in [2.24, 2.45) is 0 Å². The van der Waals surface area contributed by atoms with Gasteiger partial charge < -0.3 is 112 Å². The number of aryl methyl sites for hydroxylation is 2. The largest absolute Gasteiger partial charge is 0.443 e. The van der Waals surface area contributed by atoms with E-state index in [4.69, 9.17) is 30.6 Å². The van der Waals surface area contributed by atoms with Crippen LogP contribution in [0.15, 0.2) is 12.4 Å². The Balaban J connectivity index is -0.0000000241. The van der Waals surface area contributed by atoms with Gasteiger partial charge in [-0.05, 0) is 25.7 Å². The van der Waals surface area contributed by atoms with Gasteiger partial charge in [0.05, 0.1) is 11.4 Å². The van der Waals surface area contributed by atoms with Crippen LogP contribution < -0.4 is 10.6 Å². The van der Waals surface area contributed by atoms with E-state index in [0.717, 1.165) is 49.9 Å². The Kier molecular flexibility index (Phi) is 146. The molecule has 0 unspecified atom stereocenters. The number of hydrogen-bond donors (Lipinski definition) is 2. The van der Waals surface area contributed by atoms with Crippen molar-refractivity contribution in [1.29, 1.82) is 0 Å². The van der Waals surface area contributed by atoms with Crippen LogP contribution in [0.4, 0.5) is 0 Å². The smallest absolute Gasteiger partial charge is 0.245 e. The molecule has 59 heavy (non-hydrogen) atoms.